The monoisotopic (exact) mass is 392 g/mol. The van der Waals surface area contributed by atoms with E-state index in [0.717, 1.165) is 41.6 Å². The van der Waals surface area contributed by atoms with Gasteiger partial charge in [-0.15, -0.1) is 11.3 Å². The van der Waals surface area contributed by atoms with Crippen LogP contribution in [0.4, 0.5) is 0 Å². The second-order valence-corrected chi connectivity index (χ2v) is 7.74. The van der Waals surface area contributed by atoms with Crippen LogP contribution in [0.3, 0.4) is 0 Å². The molecule has 28 heavy (non-hydrogen) atoms. The second kappa shape index (κ2) is 8.31. The lowest BCUT2D eigenvalue weighted by Crippen LogP contribution is -2.30. The number of amides is 1. The summed E-state index contributed by atoms with van der Waals surface area (Å²) < 4.78 is 1.36. The summed E-state index contributed by atoms with van der Waals surface area (Å²) in [6, 6.07) is 9.80. The quantitative estimate of drug-likeness (QED) is 0.535. The maximum absolute atomic E-state index is 12.8. The van der Waals surface area contributed by atoms with Gasteiger partial charge in [0.2, 0.25) is 0 Å². The van der Waals surface area contributed by atoms with E-state index >= 15 is 0 Å². The Hall–Kier alpha value is -3.06. The predicted molar refractivity (Wildman–Crippen MR) is 113 cm³/mol. The maximum atomic E-state index is 12.8. The molecule has 0 saturated carbocycles. The number of thiophene rings is 1. The van der Waals surface area contributed by atoms with Gasteiger partial charge in [0.25, 0.3) is 11.5 Å². The van der Waals surface area contributed by atoms with Crippen LogP contribution in [0.1, 0.15) is 28.8 Å². The average Bonchev–Trinajstić information content (AvgIpc) is 3.10. The fourth-order valence-corrected chi connectivity index (χ4v) is 4.57. The van der Waals surface area contributed by atoms with Crippen molar-refractivity contribution < 1.29 is 4.79 Å². The predicted octanol–water partition coefficient (Wildman–Crippen LogP) is 3.15. The number of nitrogens with zero attached hydrogens (tertiary/aromatic N) is 3. The van der Waals surface area contributed by atoms with Crippen LogP contribution in [-0.2, 0) is 24.2 Å². The topological polar surface area (TPSA) is 76.3 Å². The third kappa shape index (κ3) is 3.94. The molecule has 0 unspecified atom stereocenters. The van der Waals surface area contributed by atoms with Crippen LogP contribution < -0.4 is 11.0 Å². The molecule has 0 fully saturated rings. The minimum absolute atomic E-state index is 0.105. The molecule has 0 saturated heterocycles. The molecule has 1 amide bonds. The second-order valence-electron chi connectivity index (χ2n) is 6.65. The summed E-state index contributed by atoms with van der Waals surface area (Å²) in [6.07, 6.45) is 10.8. The third-order valence-electron chi connectivity index (χ3n) is 4.69. The largest absolute Gasteiger partial charge is 0.289 e. The highest BCUT2D eigenvalue weighted by atomic mass is 32.1. The van der Waals surface area contributed by atoms with Gasteiger partial charge in [-0.3, -0.25) is 14.2 Å². The Morgan fingerprint density at radius 2 is 2.07 bits per heavy atom. The smallest absolute Gasteiger partial charge is 0.262 e. The molecule has 2 heterocycles. The molecule has 0 radical (unpaired) electrons. The van der Waals surface area contributed by atoms with Crippen LogP contribution in [0.5, 0.6) is 0 Å². The molecule has 7 heteroatoms. The summed E-state index contributed by atoms with van der Waals surface area (Å²) >= 11 is 1.60. The lowest BCUT2D eigenvalue weighted by molar-refractivity contribution is -0.121. The van der Waals surface area contributed by atoms with Crippen molar-refractivity contribution in [2.75, 3.05) is 0 Å². The standard InChI is InChI=1S/C21H20N4O2S/c26-18(24-23-12-6-9-15-7-2-1-3-8-15)13-25-14-22-20-19(21(25)27)16-10-4-5-11-17(16)28-20/h1-3,6-9,12,14H,4-5,10-11,13H2,(H,24,26)/b9-6+,23-12+. The number of carbonyl (C=O) groups excluding carboxylic acids is 1. The summed E-state index contributed by atoms with van der Waals surface area (Å²) in [6.45, 7) is -0.105. The van der Waals surface area contributed by atoms with Crippen LogP contribution in [0, 0.1) is 0 Å². The number of hydrogen-bond donors (Lipinski definition) is 1. The summed E-state index contributed by atoms with van der Waals surface area (Å²) in [5.74, 6) is -0.364. The van der Waals surface area contributed by atoms with Gasteiger partial charge in [0.15, 0.2) is 0 Å². The number of hydrazone groups is 1. The van der Waals surface area contributed by atoms with E-state index in [1.807, 2.05) is 36.4 Å². The minimum Gasteiger partial charge on any atom is -0.289 e. The van der Waals surface area contributed by atoms with Gasteiger partial charge in [-0.25, -0.2) is 10.4 Å². The van der Waals surface area contributed by atoms with Crippen LogP contribution in [0.15, 0.2) is 52.6 Å². The first-order valence-corrected chi connectivity index (χ1v) is 10.1. The van der Waals surface area contributed by atoms with Gasteiger partial charge in [0.1, 0.15) is 11.4 Å². The van der Waals surface area contributed by atoms with Gasteiger partial charge >= 0.3 is 0 Å². The van der Waals surface area contributed by atoms with Gasteiger partial charge in [-0.1, -0.05) is 36.4 Å². The Labute approximate surface area is 166 Å². The number of allylic oxidation sites excluding steroid dienone is 1. The van der Waals surface area contributed by atoms with Crippen LogP contribution in [-0.4, -0.2) is 21.7 Å². The molecule has 1 aliphatic carbocycles. The Kier molecular flexibility index (Phi) is 5.43. The van der Waals surface area contributed by atoms with Crippen molar-refractivity contribution >= 4 is 39.8 Å². The van der Waals surface area contributed by atoms with Gasteiger partial charge in [-0.05, 0) is 42.9 Å². The minimum atomic E-state index is -0.364. The molecule has 1 aromatic carbocycles. The van der Waals surface area contributed by atoms with E-state index in [-0.39, 0.29) is 18.0 Å². The third-order valence-corrected chi connectivity index (χ3v) is 5.89. The molecule has 1 aliphatic rings. The van der Waals surface area contributed by atoms with Crippen molar-refractivity contribution in [3.05, 3.63) is 69.1 Å². The highest BCUT2D eigenvalue weighted by Gasteiger charge is 2.20. The van der Waals surface area contributed by atoms with Crippen molar-refractivity contribution in [2.24, 2.45) is 5.10 Å². The molecule has 0 bridgehead atoms. The molecule has 6 nitrogen and oxygen atoms in total. The van der Waals surface area contributed by atoms with Gasteiger partial charge < -0.3 is 0 Å². The maximum Gasteiger partial charge on any atom is 0.262 e. The van der Waals surface area contributed by atoms with Gasteiger partial charge in [-0.2, -0.15) is 5.10 Å². The molecule has 3 aromatic rings. The highest BCUT2D eigenvalue weighted by molar-refractivity contribution is 7.18. The number of aromatic nitrogens is 2. The van der Waals surface area contributed by atoms with Crippen LogP contribution in [0.25, 0.3) is 16.3 Å². The molecule has 142 valence electrons. The lowest BCUT2D eigenvalue weighted by Gasteiger charge is -2.10. The average molecular weight is 392 g/mol. The van der Waals surface area contributed by atoms with Crippen molar-refractivity contribution in [3.63, 3.8) is 0 Å². The molecular formula is C21H20N4O2S. The molecule has 4 rings (SSSR count). The first-order chi connectivity index (χ1) is 13.7. The summed E-state index contributed by atoms with van der Waals surface area (Å²) in [5.41, 5.74) is 4.47. The summed E-state index contributed by atoms with van der Waals surface area (Å²) in [4.78, 5) is 31.4. The fourth-order valence-electron chi connectivity index (χ4n) is 3.35. The fraction of sp³-hybridized carbons (Fsp3) is 0.238. The number of aryl methyl sites for hydroxylation is 2. The lowest BCUT2D eigenvalue weighted by atomic mass is 9.97. The first-order valence-electron chi connectivity index (χ1n) is 9.25. The number of fused-ring (bicyclic) bond motifs is 3. The van der Waals surface area contributed by atoms with Crippen molar-refractivity contribution in [1.29, 1.82) is 0 Å². The van der Waals surface area contributed by atoms with E-state index in [1.165, 1.54) is 22.0 Å². The Balaban J connectivity index is 1.42. The van der Waals surface area contributed by atoms with Crippen LogP contribution in [0.2, 0.25) is 0 Å². The van der Waals surface area contributed by atoms with Crippen molar-refractivity contribution in [2.45, 2.75) is 32.2 Å². The molecule has 0 spiro atoms. The first kappa shape index (κ1) is 18.3. The zero-order chi connectivity index (χ0) is 19.3. The zero-order valence-corrected chi connectivity index (χ0v) is 16.1. The van der Waals surface area contributed by atoms with Crippen molar-refractivity contribution in [3.8, 4) is 0 Å². The SMILES string of the molecule is O=C(Cn1cnc2sc3c(c2c1=O)CCCC3)N/N=C/C=C/c1ccccc1. The highest BCUT2D eigenvalue weighted by Crippen LogP contribution is 2.33. The number of benzene rings is 1. The normalized spacial score (nSPS) is 14.0. The van der Waals surface area contributed by atoms with E-state index in [2.05, 4.69) is 15.5 Å². The molecule has 2 aromatic heterocycles. The van der Waals surface area contributed by atoms with Gasteiger partial charge in [0, 0.05) is 11.1 Å². The van der Waals surface area contributed by atoms with Crippen LogP contribution >= 0.6 is 11.3 Å². The van der Waals surface area contributed by atoms with E-state index in [0.29, 0.717) is 5.39 Å². The summed E-state index contributed by atoms with van der Waals surface area (Å²) in [5, 5.41) is 4.57. The summed E-state index contributed by atoms with van der Waals surface area (Å²) in [7, 11) is 0. The molecular weight excluding hydrogens is 372 g/mol. The van der Waals surface area contributed by atoms with E-state index in [9.17, 15) is 9.59 Å². The Morgan fingerprint density at radius 1 is 1.25 bits per heavy atom. The van der Waals surface area contributed by atoms with E-state index in [1.54, 1.807) is 17.4 Å². The Bertz CT molecular complexity index is 1110. The van der Waals surface area contributed by atoms with Crippen molar-refractivity contribution in [1.82, 2.24) is 15.0 Å². The Morgan fingerprint density at radius 3 is 2.93 bits per heavy atom. The molecule has 0 aliphatic heterocycles. The number of carbonyl (C=O) groups is 1. The number of rotatable bonds is 5. The molecule has 0 atom stereocenters. The number of hydrogen-bond acceptors (Lipinski definition) is 5. The zero-order valence-electron chi connectivity index (χ0n) is 15.3. The van der Waals surface area contributed by atoms with Gasteiger partial charge in [0.05, 0.1) is 11.7 Å². The molecule has 1 N–H and O–H groups in total. The number of nitrogens with one attached hydrogen (secondary N) is 1. The van der Waals surface area contributed by atoms with E-state index < -0.39 is 0 Å². The van der Waals surface area contributed by atoms with E-state index in [4.69, 9.17) is 0 Å².